The van der Waals surface area contributed by atoms with E-state index in [0.717, 1.165) is 6.42 Å². The minimum absolute atomic E-state index is 0.0648. The topological polar surface area (TPSA) is 78.5 Å². The zero-order chi connectivity index (χ0) is 19.4. The highest BCUT2D eigenvalue weighted by Gasteiger charge is 2.22. The van der Waals surface area contributed by atoms with E-state index in [1.807, 2.05) is 6.07 Å². The van der Waals surface area contributed by atoms with Crippen LogP contribution in [-0.4, -0.2) is 24.3 Å². The summed E-state index contributed by atoms with van der Waals surface area (Å²) in [5.41, 5.74) is 2.09. The first kappa shape index (κ1) is 18.9. The Bertz CT molecular complexity index is 898. The molecule has 2 N–H and O–H groups in total. The molecule has 0 unspecified atom stereocenters. The molecule has 0 saturated carbocycles. The summed E-state index contributed by atoms with van der Waals surface area (Å²) in [5.74, 6) is -0.406. The zero-order valence-corrected chi connectivity index (χ0v) is 15.7. The van der Waals surface area contributed by atoms with Crippen LogP contribution in [0.4, 0.5) is 17.1 Å². The van der Waals surface area contributed by atoms with Crippen LogP contribution >= 0.6 is 11.6 Å². The van der Waals surface area contributed by atoms with Crippen molar-refractivity contribution < 1.29 is 14.4 Å². The van der Waals surface area contributed by atoms with E-state index < -0.39 is 0 Å². The maximum atomic E-state index is 12.6. The van der Waals surface area contributed by atoms with E-state index in [1.54, 1.807) is 48.2 Å². The van der Waals surface area contributed by atoms with Crippen LogP contribution in [0.2, 0.25) is 5.02 Å². The summed E-state index contributed by atoms with van der Waals surface area (Å²) in [6, 6.07) is 11.8. The third-order valence-corrected chi connectivity index (χ3v) is 4.64. The van der Waals surface area contributed by atoms with Crippen molar-refractivity contribution >= 4 is 46.4 Å². The second-order valence-electron chi connectivity index (χ2n) is 6.25. The standard InChI is InChI=1S/C20H20ClN3O3/c1-2-18(25)22-14-8-9-16(21)17(12-14)23-20(27)13-5-3-6-15(11-13)24-10-4-7-19(24)26/h3,5-6,8-9,11-12H,2,4,7,10H2,1H3,(H,22,25)(H,23,27). The summed E-state index contributed by atoms with van der Waals surface area (Å²) < 4.78 is 0. The van der Waals surface area contributed by atoms with Gasteiger partial charge in [-0.05, 0) is 42.8 Å². The molecule has 27 heavy (non-hydrogen) atoms. The highest BCUT2D eigenvalue weighted by Crippen LogP contribution is 2.27. The van der Waals surface area contributed by atoms with Gasteiger partial charge in [-0.1, -0.05) is 24.6 Å². The molecule has 7 heteroatoms. The monoisotopic (exact) mass is 385 g/mol. The molecule has 1 aliphatic heterocycles. The largest absolute Gasteiger partial charge is 0.326 e. The first-order chi connectivity index (χ1) is 13.0. The molecule has 0 spiro atoms. The summed E-state index contributed by atoms with van der Waals surface area (Å²) in [7, 11) is 0. The lowest BCUT2D eigenvalue weighted by Gasteiger charge is -2.16. The molecule has 3 amide bonds. The van der Waals surface area contributed by atoms with Gasteiger partial charge in [-0.3, -0.25) is 14.4 Å². The van der Waals surface area contributed by atoms with Crippen molar-refractivity contribution in [1.29, 1.82) is 0 Å². The van der Waals surface area contributed by atoms with E-state index in [0.29, 0.717) is 47.0 Å². The molecule has 1 saturated heterocycles. The fraction of sp³-hybridized carbons (Fsp3) is 0.250. The van der Waals surface area contributed by atoms with E-state index in [2.05, 4.69) is 10.6 Å². The number of nitrogens with zero attached hydrogens (tertiary/aromatic N) is 1. The number of amides is 3. The van der Waals surface area contributed by atoms with Gasteiger partial charge in [0, 0.05) is 36.3 Å². The Hall–Kier alpha value is -2.86. The second-order valence-corrected chi connectivity index (χ2v) is 6.66. The number of hydrogen-bond donors (Lipinski definition) is 2. The fourth-order valence-electron chi connectivity index (χ4n) is 2.88. The number of nitrogens with one attached hydrogen (secondary N) is 2. The van der Waals surface area contributed by atoms with E-state index in [1.165, 1.54) is 0 Å². The van der Waals surface area contributed by atoms with Gasteiger partial charge in [-0.15, -0.1) is 0 Å². The van der Waals surface area contributed by atoms with Crippen LogP contribution in [0, 0.1) is 0 Å². The average Bonchev–Trinajstić information content (AvgIpc) is 3.10. The van der Waals surface area contributed by atoms with E-state index in [4.69, 9.17) is 11.6 Å². The number of benzene rings is 2. The third kappa shape index (κ3) is 4.46. The van der Waals surface area contributed by atoms with E-state index >= 15 is 0 Å². The second kappa shape index (κ2) is 8.22. The SMILES string of the molecule is CCC(=O)Nc1ccc(Cl)c(NC(=O)c2cccc(N3CCCC3=O)c2)c1. The highest BCUT2D eigenvalue weighted by molar-refractivity contribution is 6.34. The fourth-order valence-corrected chi connectivity index (χ4v) is 3.04. The molecular weight excluding hydrogens is 366 g/mol. The van der Waals surface area contributed by atoms with Crippen LogP contribution in [0.15, 0.2) is 42.5 Å². The van der Waals surface area contributed by atoms with Crippen molar-refractivity contribution in [1.82, 2.24) is 0 Å². The summed E-state index contributed by atoms with van der Waals surface area (Å²) in [4.78, 5) is 37.8. The van der Waals surface area contributed by atoms with Crippen molar-refractivity contribution in [3.05, 3.63) is 53.1 Å². The summed E-state index contributed by atoms with van der Waals surface area (Å²) in [5, 5.41) is 5.86. The number of halogens is 1. The molecular formula is C20H20ClN3O3. The molecule has 0 bridgehead atoms. The van der Waals surface area contributed by atoms with Crippen LogP contribution in [-0.2, 0) is 9.59 Å². The van der Waals surface area contributed by atoms with Crippen molar-refractivity contribution in [2.45, 2.75) is 26.2 Å². The van der Waals surface area contributed by atoms with Crippen LogP contribution in [0.1, 0.15) is 36.5 Å². The predicted octanol–water partition coefficient (Wildman–Crippen LogP) is 4.07. The Morgan fingerprint density at radius 2 is 1.96 bits per heavy atom. The molecule has 3 rings (SSSR count). The lowest BCUT2D eigenvalue weighted by molar-refractivity contribution is -0.117. The molecule has 140 valence electrons. The highest BCUT2D eigenvalue weighted by atomic mass is 35.5. The zero-order valence-electron chi connectivity index (χ0n) is 14.9. The van der Waals surface area contributed by atoms with Crippen LogP contribution in [0.25, 0.3) is 0 Å². The van der Waals surface area contributed by atoms with Gasteiger partial charge >= 0.3 is 0 Å². The lowest BCUT2D eigenvalue weighted by Crippen LogP contribution is -2.24. The predicted molar refractivity (Wildman–Crippen MR) is 106 cm³/mol. The molecule has 1 heterocycles. The Labute approximate surface area is 162 Å². The van der Waals surface area contributed by atoms with Gasteiger partial charge in [-0.2, -0.15) is 0 Å². The first-order valence-electron chi connectivity index (χ1n) is 8.79. The van der Waals surface area contributed by atoms with Crippen molar-refractivity contribution in [2.75, 3.05) is 22.1 Å². The quantitative estimate of drug-likeness (QED) is 0.814. The van der Waals surface area contributed by atoms with E-state index in [-0.39, 0.29) is 17.7 Å². The maximum absolute atomic E-state index is 12.6. The van der Waals surface area contributed by atoms with Crippen LogP contribution < -0.4 is 15.5 Å². The van der Waals surface area contributed by atoms with E-state index in [9.17, 15) is 14.4 Å². The van der Waals surface area contributed by atoms with Crippen molar-refractivity contribution in [3.63, 3.8) is 0 Å². The summed E-state index contributed by atoms with van der Waals surface area (Å²) >= 11 is 6.17. The number of rotatable bonds is 5. The van der Waals surface area contributed by atoms with Gasteiger partial charge in [0.25, 0.3) is 5.91 Å². The van der Waals surface area contributed by atoms with Gasteiger partial charge < -0.3 is 15.5 Å². The van der Waals surface area contributed by atoms with Gasteiger partial charge in [-0.25, -0.2) is 0 Å². The Balaban J connectivity index is 1.78. The molecule has 2 aromatic carbocycles. The Morgan fingerprint density at radius 3 is 2.67 bits per heavy atom. The summed E-state index contributed by atoms with van der Waals surface area (Å²) in [6.45, 7) is 2.42. The first-order valence-corrected chi connectivity index (χ1v) is 9.17. The van der Waals surface area contributed by atoms with Gasteiger partial charge in [0.05, 0.1) is 10.7 Å². The van der Waals surface area contributed by atoms with Gasteiger partial charge in [0.2, 0.25) is 11.8 Å². The molecule has 0 aromatic heterocycles. The summed E-state index contributed by atoms with van der Waals surface area (Å²) in [6.07, 6.45) is 1.70. The van der Waals surface area contributed by atoms with Crippen molar-refractivity contribution in [3.8, 4) is 0 Å². The number of hydrogen-bond acceptors (Lipinski definition) is 3. The third-order valence-electron chi connectivity index (χ3n) is 4.31. The molecule has 6 nitrogen and oxygen atoms in total. The van der Waals surface area contributed by atoms with Crippen molar-refractivity contribution in [2.24, 2.45) is 0 Å². The van der Waals surface area contributed by atoms with Crippen LogP contribution in [0.3, 0.4) is 0 Å². The molecule has 0 radical (unpaired) electrons. The van der Waals surface area contributed by atoms with Crippen LogP contribution in [0.5, 0.6) is 0 Å². The number of anilines is 3. The molecule has 1 aliphatic rings. The number of carbonyl (C=O) groups is 3. The molecule has 2 aromatic rings. The molecule has 0 atom stereocenters. The minimum atomic E-state index is -0.343. The normalized spacial score (nSPS) is 13.6. The average molecular weight is 386 g/mol. The Kier molecular flexibility index (Phi) is 5.76. The minimum Gasteiger partial charge on any atom is -0.326 e. The van der Waals surface area contributed by atoms with Gasteiger partial charge in [0.1, 0.15) is 0 Å². The molecule has 0 aliphatic carbocycles. The Morgan fingerprint density at radius 1 is 1.15 bits per heavy atom. The van der Waals surface area contributed by atoms with Gasteiger partial charge in [0.15, 0.2) is 0 Å². The maximum Gasteiger partial charge on any atom is 0.255 e. The smallest absolute Gasteiger partial charge is 0.255 e. The molecule has 1 fully saturated rings. The lowest BCUT2D eigenvalue weighted by atomic mass is 10.1. The number of carbonyl (C=O) groups excluding carboxylic acids is 3.